The molecule has 0 aliphatic carbocycles. The molecule has 3 N–H and O–H groups in total. The molecule has 0 aliphatic heterocycles. The van der Waals surface area contributed by atoms with Crippen molar-refractivity contribution in [1.29, 1.82) is 0 Å². The van der Waals surface area contributed by atoms with Crippen LogP contribution in [0.5, 0.6) is 6.01 Å². The summed E-state index contributed by atoms with van der Waals surface area (Å²) in [5.41, 5.74) is 5.46. The van der Waals surface area contributed by atoms with Gasteiger partial charge in [-0.05, 0) is 0 Å². The quantitative estimate of drug-likeness (QED) is 0.704. The highest BCUT2D eigenvalue weighted by Gasteiger charge is 2.06. The van der Waals surface area contributed by atoms with Gasteiger partial charge in [0.1, 0.15) is 0 Å². The zero-order valence-electron chi connectivity index (χ0n) is 10.1. The van der Waals surface area contributed by atoms with Crippen molar-refractivity contribution in [3.8, 4) is 6.01 Å². The van der Waals surface area contributed by atoms with E-state index >= 15 is 0 Å². The molecule has 0 saturated heterocycles. The van der Waals surface area contributed by atoms with E-state index in [0.29, 0.717) is 18.9 Å². The molecule has 1 heterocycles. The number of nitrogens with zero attached hydrogens (tertiary/aromatic N) is 4. The number of hydrogen-bond acceptors (Lipinski definition) is 7. The highest BCUT2D eigenvalue weighted by molar-refractivity contribution is 5.75. The normalized spacial score (nSPS) is 9.82. The van der Waals surface area contributed by atoms with E-state index in [1.54, 1.807) is 14.1 Å². The van der Waals surface area contributed by atoms with Gasteiger partial charge in [-0.25, -0.2) is 0 Å². The molecule has 8 heteroatoms. The number of amides is 1. The number of nitrogens with one attached hydrogen (secondary N) is 1. The number of hydrogen-bond donors (Lipinski definition) is 2. The predicted octanol–water partition coefficient (Wildman–Crippen LogP) is -0.647. The minimum absolute atomic E-state index is 0.0199. The average molecular weight is 240 g/mol. The number of carbonyl (C=O) groups is 1. The number of rotatable bonds is 5. The zero-order chi connectivity index (χ0) is 12.8. The molecule has 0 aromatic carbocycles. The Labute approximate surface area is 99.2 Å². The molecule has 0 spiro atoms. The van der Waals surface area contributed by atoms with Gasteiger partial charge in [-0.2, -0.15) is 15.0 Å². The molecule has 17 heavy (non-hydrogen) atoms. The Kier molecular flexibility index (Phi) is 4.44. The summed E-state index contributed by atoms with van der Waals surface area (Å²) >= 11 is 0. The van der Waals surface area contributed by atoms with Crippen molar-refractivity contribution in [2.75, 3.05) is 38.8 Å². The fourth-order valence-corrected chi connectivity index (χ4v) is 1.05. The van der Waals surface area contributed by atoms with Crippen LogP contribution in [0.2, 0.25) is 0 Å². The molecule has 1 aromatic rings. The lowest BCUT2D eigenvalue weighted by Crippen LogP contribution is -2.24. The summed E-state index contributed by atoms with van der Waals surface area (Å²) in [5.74, 6) is 0.380. The molecular formula is C9H16N6O2. The number of aromatic nitrogens is 3. The van der Waals surface area contributed by atoms with Gasteiger partial charge >= 0.3 is 6.01 Å². The van der Waals surface area contributed by atoms with E-state index in [4.69, 9.17) is 10.5 Å². The second-order valence-electron chi connectivity index (χ2n) is 3.47. The summed E-state index contributed by atoms with van der Waals surface area (Å²) in [5, 5.41) is 2.88. The third-order valence-electron chi connectivity index (χ3n) is 1.94. The summed E-state index contributed by atoms with van der Waals surface area (Å²) in [7, 11) is 4.84. The summed E-state index contributed by atoms with van der Waals surface area (Å²) in [6.07, 6.45) is 0.348. The summed E-state index contributed by atoms with van der Waals surface area (Å²) in [6.45, 7) is 0.420. The predicted molar refractivity (Wildman–Crippen MR) is 62.6 cm³/mol. The number of nitrogen functional groups attached to an aromatic ring is 1. The van der Waals surface area contributed by atoms with Gasteiger partial charge in [0, 0.05) is 27.1 Å². The van der Waals surface area contributed by atoms with E-state index in [2.05, 4.69) is 20.3 Å². The van der Waals surface area contributed by atoms with E-state index in [1.165, 1.54) is 12.0 Å². The fourth-order valence-electron chi connectivity index (χ4n) is 1.05. The molecule has 0 atom stereocenters. The maximum atomic E-state index is 11.3. The second-order valence-corrected chi connectivity index (χ2v) is 3.47. The maximum absolute atomic E-state index is 11.3. The number of nitrogens with two attached hydrogens (primary N) is 1. The van der Waals surface area contributed by atoms with Crippen molar-refractivity contribution in [1.82, 2.24) is 19.9 Å². The van der Waals surface area contributed by atoms with Crippen LogP contribution in [0.25, 0.3) is 0 Å². The van der Waals surface area contributed by atoms with Gasteiger partial charge in [0.25, 0.3) is 0 Å². The summed E-state index contributed by atoms with van der Waals surface area (Å²) < 4.78 is 4.84. The van der Waals surface area contributed by atoms with Gasteiger partial charge in [-0.15, -0.1) is 0 Å². The number of ether oxygens (including phenoxy) is 1. The van der Waals surface area contributed by atoms with E-state index in [1.807, 2.05) is 0 Å². The van der Waals surface area contributed by atoms with E-state index in [0.717, 1.165) is 0 Å². The van der Waals surface area contributed by atoms with Gasteiger partial charge in [0.2, 0.25) is 17.8 Å². The number of methoxy groups -OCH3 is 1. The van der Waals surface area contributed by atoms with Crippen LogP contribution >= 0.6 is 0 Å². The molecule has 1 rings (SSSR count). The third kappa shape index (κ3) is 4.09. The van der Waals surface area contributed by atoms with Gasteiger partial charge in [-0.3, -0.25) is 4.79 Å². The highest BCUT2D eigenvalue weighted by Crippen LogP contribution is 2.07. The Morgan fingerprint density at radius 3 is 2.71 bits per heavy atom. The molecule has 0 radical (unpaired) electrons. The second kappa shape index (κ2) is 5.83. The first-order valence-corrected chi connectivity index (χ1v) is 5.02. The minimum Gasteiger partial charge on any atom is -0.467 e. The molecule has 0 fully saturated rings. The first kappa shape index (κ1) is 12.9. The standard InChI is InChI=1S/C9H16N6O2/c1-15(2)6(16)4-5-11-8-12-7(10)13-9(14-8)17-3/h4-5H2,1-3H3,(H3,10,11,12,13,14). The molecular weight excluding hydrogens is 224 g/mol. The SMILES string of the molecule is COc1nc(N)nc(NCCC(=O)N(C)C)n1. The van der Waals surface area contributed by atoms with Crippen LogP contribution in [0.4, 0.5) is 11.9 Å². The van der Waals surface area contributed by atoms with E-state index < -0.39 is 0 Å². The maximum Gasteiger partial charge on any atom is 0.322 e. The van der Waals surface area contributed by atoms with Crippen LogP contribution < -0.4 is 15.8 Å². The van der Waals surface area contributed by atoms with E-state index in [9.17, 15) is 4.79 Å². The zero-order valence-corrected chi connectivity index (χ0v) is 10.1. The summed E-state index contributed by atoms with van der Waals surface area (Å²) in [6, 6.07) is 0.138. The first-order valence-electron chi connectivity index (χ1n) is 5.02. The first-order chi connectivity index (χ1) is 8.02. The monoisotopic (exact) mass is 240 g/mol. The minimum atomic E-state index is 0.0199. The van der Waals surface area contributed by atoms with Crippen molar-refractivity contribution in [2.45, 2.75) is 6.42 Å². The molecule has 1 amide bonds. The van der Waals surface area contributed by atoms with Crippen LogP contribution in [-0.2, 0) is 4.79 Å². The number of anilines is 2. The highest BCUT2D eigenvalue weighted by atomic mass is 16.5. The van der Waals surface area contributed by atoms with Crippen molar-refractivity contribution < 1.29 is 9.53 Å². The van der Waals surface area contributed by atoms with Crippen molar-refractivity contribution >= 4 is 17.8 Å². The van der Waals surface area contributed by atoms with Crippen LogP contribution in [0.3, 0.4) is 0 Å². The van der Waals surface area contributed by atoms with Crippen LogP contribution in [0, 0.1) is 0 Å². The molecule has 94 valence electrons. The van der Waals surface area contributed by atoms with Crippen molar-refractivity contribution in [2.24, 2.45) is 0 Å². The largest absolute Gasteiger partial charge is 0.467 e. The lowest BCUT2D eigenvalue weighted by molar-refractivity contribution is -0.128. The lowest BCUT2D eigenvalue weighted by Gasteiger charge is -2.10. The van der Waals surface area contributed by atoms with E-state index in [-0.39, 0.29) is 17.9 Å². The fraction of sp³-hybridized carbons (Fsp3) is 0.556. The van der Waals surface area contributed by atoms with Crippen LogP contribution in [0.1, 0.15) is 6.42 Å². The Balaban J connectivity index is 2.52. The Hall–Kier alpha value is -2.12. The Morgan fingerprint density at radius 2 is 2.12 bits per heavy atom. The molecule has 0 aliphatic rings. The average Bonchev–Trinajstić information content (AvgIpc) is 2.27. The van der Waals surface area contributed by atoms with Crippen LogP contribution in [0.15, 0.2) is 0 Å². The number of carbonyl (C=O) groups excluding carboxylic acids is 1. The molecule has 8 nitrogen and oxygen atoms in total. The summed E-state index contributed by atoms with van der Waals surface area (Å²) in [4.78, 5) is 24.4. The van der Waals surface area contributed by atoms with Gasteiger partial charge < -0.3 is 20.7 Å². The smallest absolute Gasteiger partial charge is 0.322 e. The molecule has 1 aromatic heterocycles. The molecule has 0 unspecified atom stereocenters. The third-order valence-corrected chi connectivity index (χ3v) is 1.94. The van der Waals surface area contributed by atoms with Gasteiger partial charge in [0.05, 0.1) is 7.11 Å². The lowest BCUT2D eigenvalue weighted by atomic mass is 10.4. The Morgan fingerprint density at radius 1 is 1.41 bits per heavy atom. The van der Waals surface area contributed by atoms with Gasteiger partial charge in [-0.1, -0.05) is 0 Å². The van der Waals surface area contributed by atoms with Crippen LogP contribution in [-0.4, -0.2) is 53.5 Å². The molecule has 0 bridgehead atoms. The van der Waals surface area contributed by atoms with Crippen molar-refractivity contribution in [3.05, 3.63) is 0 Å². The Bertz CT molecular complexity index is 395. The molecule has 0 saturated carbocycles. The van der Waals surface area contributed by atoms with Gasteiger partial charge in [0.15, 0.2) is 0 Å². The topological polar surface area (TPSA) is 106 Å². The van der Waals surface area contributed by atoms with Crippen molar-refractivity contribution in [3.63, 3.8) is 0 Å².